The maximum Gasteiger partial charge on any atom is 0.324 e. The number of thiazole rings is 1. The lowest BCUT2D eigenvalue weighted by atomic mass is 9.87. The summed E-state index contributed by atoms with van der Waals surface area (Å²) in [5.74, 6) is 0.476. The molecule has 4 heterocycles. The lowest BCUT2D eigenvalue weighted by Gasteiger charge is -2.41. The lowest BCUT2D eigenvalue weighted by molar-refractivity contribution is 0.121. The summed E-state index contributed by atoms with van der Waals surface area (Å²) in [5, 5.41) is 3.21. The fourth-order valence-electron chi connectivity index (χ4n) is 4.27. The number of rotatable bonds is 3. The molecule has 0 radical (unpaired) electrons. The minimum Gasteiger partial charge on any atom is -0.330 e. The molecular formula is C20H22N6OS. The van der Waals surface area contributed by atoms with Gasteiger partial charge in [-0.05, 0) is 43.5 Å². The molecule has 2 aliphatic heterocycles. The van der Waals surface area contributed by atoms with E-state index < -0.39 is 0 Å². The first-order chi connectivity index (χ1) is 13.6. The van der Waals surface area contributed by atoms with E-state index in [9.17, 15) is 4.79 Å². The molecule has 1 atom stereocenters. The van der Waals surface area contributed by atoms with E-state index in [0.717, 1.165) is 31.4 Å². The molecule has 2 fully saturated rings. The number of likely N-dealkylation sites (tertiary alicyclic amines) is 1. The Morgan fingerprint density at radius 3 is 2.75 bits per heavy atom. The maximum atomic E-state index is 12.5. The Hall–Kier alpha value is -2.58. The number of aromatic nitrogens is 3. The summed E-state index contributed by atoms with van der Waals surface area (Å²) in [6, 6.07) is 8.57. The first kappa shape index (κ1) is 17.5. The molecule has 144 valence electrons. The average molecular weight is 395 g/mol. The summed E-state index contributed by atoms with van der Waals surface area (Å²) < 4.78 is 1.23. The van der Waals surface area contributed by atoms with Crippen molar-refractivity contribution in [3.05, 3.63) is 47.7 Å². The second-order valence-electron chi connectivity index (χ2n) is 7.64. The van der Waals surface area contributed by atoms with Crippen LogP contribution in [0.2, 0.25) is 0 Å². The van der Waals surface area contributed by atoms with Crippen LogP contribution in [-0.4, -0.2) is 51.1 Å². The predicted octanol–water partition coefficient (Wildman–Crippen LogP) is 3.21. The highest BCUT2D eigenvalue weighted by molar-refractivity contribution is 7.16. The van der Waals surface area contributed by atoms with Crippen LogP contribution in [0.1, 0.15) is 31.4 Å². The van der Waals surface area contributed by atoms with Gasteiger partial charge in [-0.3, -0.25) is 9.80 Å². The molecule has 7 nitrogen and oxygen atoms in total. The van der Waals surface area contributed by atoms with Crippen LogP contribution in [0.3, 0.4) is 0 Å². The number of urea groups is 1. The Bertz CT molecular complexity index is 998. The van der Waals surface area contributed by atoms with Crippen molar-refractivity contribution < 1.29 is 4.79 Å². The number of nitrogens with one attached hydrogen (secondary N) is 1. The minimum absolute atomic E-state index is 0.0957. The molecule has 2 aromatic heterocycles. The van der Waals surface area contributed by atoms with Gasteiger partial charge in [0.05, 0.1) is 27.8 Å². The number of anilines is 1. The van der Waals surface area contributed by atoms with E-state index in [4.69, 9.17) is 0 Å². The topological polar surface area (TPSA) is 74.2 Å². The van der Waals surface area contributed by atoms with E-state index >= 15 is 0 Å². The van der Waals surface area contributed by atoms with Gasteiger partial charge in [0.1, 0.15) is 0 Å². The smallest absolute Gasteiger partial charge is 0.324 e. The highest BCUT2D eigenvalue weighted by Gasteiger charge is 2.46. The zero-order valence-corrected chi connectivity index (χ0v) is 16.5. The number of fused-ring (bicyclic) bond motifs is 1. The summed E-state index contributed by atoms with van der Waals surface area (Å²) in [7, 11) is 0. The van der Waals surface area contributed by atoms with Crippen LogP contribution >= 0.6 is 11.3 Å². The first-order valence-electron chi connectivity index (χ1n) is 9.57. The Morgan fingerprint density at radius 2 is 1.96 bits per heavy atom. The van der Waals surface area contributed by atoms with Crippen molar-refractivity contribution in [3.63, 3.8) is 0 Å². The summed E-state index contributed by atoms with van der Waals surface area (Å²) in [6.45, 7) is 4.77. The van der Waals surface area contributed by atoms with Crippen molar-refractivity contribution in [1.82, 2.24) is 25.2 Å². The number of hydrogen-bond acceptors (Lipinski definition) is 6. The van der Waals surface area contributed by atoms with Crippen molar-refractivity contribution in [2.75, 3.05) is 24.5 Å². The van der Waals surface area contributed by atoms with Gasteiger partial charge in [-0.25, -0.2) is 19.7 Å². The molecule has 3 aromatic rings. The van der Waals surface area contributed by atoms with Crippen molar-refractivity contribution in [1.29, 1.82) is 0 Å². The Labute approximate surface area is 167 Å². The van der Waals surface area contributed by atoms with Gasteiger partial charge < -0.3 is 5.32 Å². The molecule has 1 aromatic carbocycles. The van der Waals surface area contributed by atoms with Crippen molar-refractivity contribution in [2.45, 2.75) is 31.3 Å². The van der Waals surface area contributed by atoms with Crippen LogP contribution < -0.4 is 10.2 Å². The molecule has 0 aliphatic carbocycles. The third-order valence-corrected chi connectivity index (χ3v) is 6.82. The van der Waals surface area contributed by atoms with E-state index in [0.29, 0.717) is 18.5 Å². The molecule has 2 amide bonds. The fourth-order valence-corrected chi connectivity index (χ4v) is 4.93. The molecule has 8 heteroatoms. The lowest BCUT2D eigenvalue weighted by Crippen LogP contribution is -2.52. The highest BCUT2D eigenvalue weighted by atomic mass is 32.1. The molecule has 1 spiro atoms. The largest absolute Gasteiger partial charge is 0.330 e. The summed E-state index contributed by atoms with van der Waals surface area (Å²) in [4.78, 5) is 29.6. The van der Waals surface area contributed by atoms with Gasteiger partial charge in [0.2, 0.25) is 5.95 Å². The van der Waals surface area contributed by atoms with Crippen LogP contribution in [0.25, 0.3) is 10.2 Å². The van der Waals surface area contributed by atoms with Crippen LogP contribution in [-0.2, 0) is 0 Å². The van der Waals surface area contributed by atoms with Crippen LogP contribution in [0.15, 0.2) is 42.2 Å². The zero-order valence-electron chi connectivity index (χ0n) is 15.7. The maximum absolute atomic E-state index is 12.5. The molecule has 2 aliphatic rings. The molecule has 0 unspecified atom stereocenters. The number of hydrogen-bond donors (Lipinski definition) is 1. The standard InChI is InChI=1S/C20H22N6OS/c1-14(15-3-4-17-16(11-15)23-13-28-17)25-9-5-20(6-10-25)12-26(19(27)24-20)18-21-7-2-8-22-18/h2-4,7-8,11,13-14H,5-6,9-10,12H2,1H3,(H,24,27)/t14-/m0/s1. The zero-order chi connectivity index (χ0) is 19.1. The third-order valence-electron chi connectivity index (χ3n) is 6.01. The Balaban J connectivity index is 1.27. The summed E-state index contributed by atoms with van der Waals surface area (Å²) >= 11 is 1.67. The van der Waals surface area contributed by atoms with Crippen LogP contribution in [0.5, 0.6) is 0 Å². The number of amides is 2. The molecule has 0 bridgehead atoms. The molecule has 2 saturated heterocycles. The summed E-state index contributed by atoms with van der Waals surface area (Å²) in [6.07, 6.45) is 5.19. The van der Waals surface area contributed by atoms with Gasteiger partial charge in [0, 0.05) is 31.5 Å². The van der Waals surface area contributed by atoms with E-state index in [2.05, 4.69) is 50.3 Å². The minimum atomic E-state index is -0.189. The van der Waals surface area contributed by atoms with Gasteiger partial charge in [-0.1, -0.05) is 6.07 Å². The first-order valence-corrected chi connectivity index (χ1v) is 10.5. The predicted molar refractivity (Wildman–Crippen MR) is 109 cm³/mol. The summed E-state index contributed by atoms with van der Waals surface area (Å²) in [5.41, 5.74) is 4.08. The quantitative estimate of drug-likeness (QED) is 0.738. The molecular weight excluding hydrogens is 372 g/mol. The van der Waals surface area contributed by atoms with Crippen LogP contribution in [0.4, 0.5) is 10.7 Å². The van der Waals surface area contributed by atoms with E-state index in [1.807, 2.05) is 5.51 Å². The van der Waals surface area contributed by atoms with Gasteiger partial charge in [0.25, 0.3) is 0 Å². The molecule has 1 N–H and O–H groups in total. The molecule has 5 rings (SSSR count). The fraction of sp³-hybridized carbons (Fsp3) is 0.400. The number of benzene rings is 1. The number of piperidine rings is 1. The number of carbonyl (C=O) groups excluding carboxylic acids is 1. The number of carbonyl (C=O) groups is 1. The van der Waals surface area contributed by atoms with Crippen molar-refractivity contribution >= 4 is 33.5 Å². The second-order valence-corrected chi connectivity index (χ2v) is 8.52. The van der Waals surface area contributed by atoms with Gasteiger partial charge in [-0.15, -0.1) is 11.3 Å². The third kappa shape index (κ3) is 3.02. The second kappa shape index (κ2) is 6.79. The van der Waals surface area contributed by atoms with E-state index in [-0.39, 0.29) is 11.6 Å². The average Bonchev–Trinajstić information content (AvgIpc) is 3.32. The monoisotopic (exact) mass is 394 g/mol. The van der Waals surface area contributed by atoms with Crippen molar-refractivity contribution in [2.24, 2.45) is 0 Å². The van der Waals surface area contributed by atoms with Gasteiger partial charge in [-0.2, -0.15) is 0 Å². The SMILES string of the molecule is C[C@@H](c1ccc2scnc2c1)N1CCC2(CC1)CN(c1ncccn1)C(=O)N2. The number of nitrogens with zero attached hydrogens (tertiary/aromatic N) is 5. The van der Waals surface area contributed by atoms with Gasteiger partial charge >= 0.3 is 6.03 Å². The molecule has 28 heavy (non-hydrogen) atoms. The van der Waals surface area contributed by atoms with Gasteiger partial charge in [0.15, 0.2) is 0 Å². The van der Waals surface area contributed by atoms with Crippen LogP contribution in [0, 0.1) is 0 Å². The van der Waals surface area contributed by atoms with E-state index in [1.54, 1.807) is 34.7 Å². The normalized spacial score (nSPS) is 20.6. The Morgan fingerprint density at radius 1 is 1.18 bits per heavy atom. The van der Waals surface area contributed by atoms with Crippen molar-refractivity contribution in [3.8, 4) is 0 Å². The Kier molecular flexibility index (Phi) is 4.25. The van der Waals surface area contributed by atoms with E-state index in [1.165, 1.54) is 10.3 Å². The highest BCUT2D eigenvalue weighted by Crippen LogP contribution is 2.34. The molecule has 0 saturated carbocycles.